The molecule has 1 aromatic rings. The summed E-state index contributed by atoms with van der Waals surface area (Å²) in [6.45, 7) is 5.00. The first-order valence-electron chi connectivity index (χ1n) is 5.80. The first kappa shape index (κ1) is 12.2. The van der Waals surface area contributed by atoms with Crippen LogP contribution in [-0.2, 0) is 16.0 Å². The van der Waals surface area contributed by atoms with Gasteiger partial charge in [-0.2, -0.15) is 0 Å². The Bertz CT molecular complexity index is 413. The average molecular weight is 239 g/mol. The van der Waals surface area contributed by atoms with E-state index in [1.807, 2.05) is 6.92 Å². The molecule has 0 saturated carbocycles. The minimum absolute atomic E-state index is 0.155. The van der Waals surface area contributed by atoms with Crippen LogP contribution in [0.5, 0.6) is 0 Å². The van der Waals surface area contributed by atoms with E-state index in [1.165, 1.54) is 6.07 Å². The number of hydrogen-bond acceptors (Lipinski definition) is 5. The molecular weight excluding hydrogens is 222 g/mol. The van der Waals surface area contributed by atoms with Crippen LogP contribution >= 0.6 is 0 Å². The van der Waals surface area contributed by atoms with Crippen LogP contribution in [0, 0.1) is 0 Å². The van der Waals surface area contributed by atoms with E-state index in [4.69, 9.17) is 9.47 Å². The van der Waals surface area contributed by atoms with Crippen LogP contribution in [0.25, 0.3) is 0 Å². The molecule has 0 aromatic carbocycles. The zero-order valence-electron chi connectivity index (χ0n) is 9.86. The maximum atomic E-state index is 11.5. The molecule has 1 atom stereocenters. The van der Waals surface area contributed by atoms with Gasteiger partial charge in [0.1, 0.15) is 11.9 Å². The van der Waals surface area contributed by atoms with Gasteiger partial charge in [-0.1, -0.05) is 6.92 Å². The molecule has 17 heavy (non-hydrogen) atoms. The fraction of sp³-hybridized carbons (Fsp3) is 0.636. The van der Waals surface area contributed by atoms with Crippen LogP contribution in [-0.4, -0.2) is 36.3 Å². The van der Waals surface area contributed by atoms with Crippen molar-refractivity contribution in [2.45, 2.75) is 19.6 Å². The van der Waals surface area contributed by atoms with Gasteiger partial charge in [0.15, 0.2) is 0 Å². The predicted octanol–water partition coefficient (Wildman–Crippen LogP) is -0.0327. The van der Waals surface area contributed by atoms with Crippen molar-refractivity contribution in [3.05, 3.63) is 27.9 Å². The Balaban J connectivity index is 2.15. The lowest BCUT2D eigenvalue weighted by molar-refractivity contribution is -0.0936. The van der Waals surface area contributed by atoms with Crippen LogP contribution in [0.4, 0.5) is 0 Å². The lowest BCUT2D eigenvalue weighted by atomic mass is 10.3. The molecule has 0 aliphatic carbocycles. The molecule has 94 valence electrons. The highest BCUT2D eigenvalue weighted by Gasteiger charge is 2.19. The zero-order chi connectivity index (χ0) is 12.1. The number of rotatable bonds is 4. The Hall–Kier alpha value is -1.24. The van der Waals surface area contributed by atoms with Gasteiger partial charge in [0.05, 0.1) is 25.5 Å². The van der Waals surface area contributed by atoms with Gasteiger partial charge in [-0.25, -0.2) is 4.98 Å². The first-order valence-corrected chi connectivity index (χ1v) is 5.80. The molecule has 0 radical (unpaired) electrons. The van der Waals surface area contributed by atoms with Gasteiger partial charge in [0.25, 0.3) is 5.56 Å². The normalized spacial score (nSPS) is 20.4. The van der Waals surface area contributed by atoms with Gasteiger partial charge in [-0.05, 0) is 6.54 Å². The number of ether oxygens (including phenoxy) is 2. The largest absolute Gasteiger partial charge is 0.376 e. The van der Waals surface area contributed by atoms with Crippen molar-refractivity contribution in [2.75, 3.05) is 26.4 Å². The molecule has 0 bridgehead atoms. The Morgan fingerprint density at radius 2 is 2.47 bits per heavy atom. The van der Waals surface area contributed by atoms with Gasteiger partial charge in [0, 0.05) is 12.6 Å². The van der Waals surface area contributed by atoms with E-state index in [9.17, 15) is 4.79 Å². The third-order valence-electron chi connectivity index (χ3n) is 2.49. The Morgan fingerprint density at radius 1 is 1.59 bits per heavy atom. The second-order valence-corrected chi connectivity index (χ2v) is 3.84. The summed E-state index contributed by atoms with van der Waals surface area (Å²) in [5.74, 6) is 0.546. The maximum absolute atomic E-state index is 11.5. The predicted molar refractivity (Wildman–Crippen MR) is 61.8 cm³/mol. The molecule has 2 rings (SSSR count). The molecule has 1 aromatic heterocycles. The lowest BCUT2D eigenvalue weighted by Crippen LogP contribution is -2.27. The Labute approximate surface area is 99.4 Å². The van der Waals surface area contributed by atoms with Crippen LogP contribution in [0.1, 0.15) is 24.5 Å². The summed E-state index contributed by atoms with van der Waals surface area (Å²) < 4.78 is 10.8. The fourth-order valence-electron chi connectivity index (χ4n) is 1.67. The van der Waals surface area contributed by atoms with Crippen molar-refractivity contribution in [3.63, 3.8) is 0 Å². The smallest absolute Gasteiger partial charge is 0.251 e. The molecule has 1 unspecified atom stereocenters. The number of hydrogen-bond donors (Lipinski definition) is 2. The summed E-state index contributed by atoms with van der Waals surface area (Å²) in [6, 6.07) is 1.50. The van der Waals surface area contributed by atoms with Crippen molar-refractivity contribution < 1.29 is 9.47 Å². The Morgan fingerprint density at radius 3 is 3.18 bits per heavy atom. The standard InChI is InChI=1S/C11H17N3O3/c1-2-12-6-8-5-10(15)14-11(13-8)9-7-16-3-4-17-9/h5,9,12H,2-4,6-7H2,1H3,(H,13,14,15). The number of H-pyrrole nitrogens is 1. The summed E-state index contributed by atoms with van der Waals surface area (Å²) in [5, 5.41) is 3.13. The van der Waals surface area contributed by atoms with Crippen LogP contribution in [0.3, 0.4) is 0 Å². The molecule has 0 spiro atoms. The van der Waals surface area contributed by atoms with E-state index >= 15 is 0 Å². The lowest BCUT2D eigenvalue weighted by Gasteiger charge is -2.22. The monoisotopic (exact) mass is 239 g/mol. The average Bonchev–Trinajstić information content (AvgIpc) is 2.37. The van der Waals surface area contributed by atoms with Gasteiger partial charge in [-0.15, -0.1) is 0 Å². The zero-order valence-corrected chi connectivity index (χ0v) is 9.86. The van der Waals surface area contributed by atoms with Gasteiger partial charge < -0.3 is 19.8 Å². The molecule has 6 nitrogen and oxygen atoms in total. The van der Waals surface area contributed by atoms with Crippen molar-refractivity contribution >= 4 is 0 Å². The molecule has 0 amide bonds. The summed E-state index contributed by atoms with van der Waals surface area (Å²) in [5.41, 5.74) is 0.567. The van der Waals surface area contributed by atoms with Crippen LogP contribution < -0.4 is 10.9 Å². The highest BCUT2D eigenvalue weighted by molar-refractivity contribution is 5.05. The van der Waals surface area contributed by atoms with E-state index < -0.39 is 0 Å². The van der Waals surface area contributed by atoms with E-state index in [0.29, 0.717) is 32.2 Å². The van der Waals surface area contributed by atoms with E-state index in [1.54, 1.807) is 0 Å². The second-order valence-electron chi connectivity index (χ2n) is 3.84. The van der Waals surface area contributed by atoms with Crippen molar-refractivity contribution in [1.29, 1.82) is 0 Å². The Kier molecular flexibility index (Phi) is 4.24. The molecular formula is C11H17N3O3. The number of nitrogens with one attached hydrogen (secondary N) is 2. The third kappa shape index (κ3) is 3.36. The van der Waals surface area contributed by atoms with Crippen molar-refractivity contribution in [2.24, 2.45) is 0 Å². The topological polar surface area (TPSA) is 76.2 Å². The summed E-state index contributed by atoms with van der Waals surface area (Å²) in [6.07, 6.45) is -0.266. The van der Waals surface area contributed by atoms with Gasteiger partial charge in [0.2, 0.25) is 0 Å². The van der Waals surface area contributed by atoms with Crippen molar-refractivity contribution in [1.82, 2.24) is 15.3 Å². The fourth-order valence-corrected chi connectivity index (χ4v) is 1.67. The minimum atomic E-state index is -0.266. The molecule has 1 fully saturated rings. The molecule has 2 heterocycles. The third-order valence-corrected chi connectivity index (χ3v) is 2.49. The highest BCUT2D eigenvalue weighted by atomic mass is 16.6. The second kappa shape index (κ2) is 5.90. The summed E-state index contributed by atoms with van der Waals surface area (Å²) in [4.78, 5) is 18.6. The number of nitrogens with zero attached hydrogens (tertiary/aromatic N) is 1. The van der Waals surface area contributed by atoms with Gasteiger partial charge >= 0.3 is 0 Å². The van der Waals surface area contributed by atoms with Crippen LogP contribution in [0.15, 0.2) is 10.9 Å². The molecule has 1 aliphatic heterocycles. The molecule has 1 saturated heterocycles. The highest BCUT2D eigenvalue weighted by Crippen LogP contribution is 2.15. The van der Waals surface area contributed by atoms with E-state index in [-0.39, 0.29) is 11.7 Å². The van der Waals surface area contributed by atoms with Gasteiger partial charge in [-0.3, -0.25) is 4.79 Å². The van der Waals surface area contributed by atoms with E-state index in [2.05, 4.69) is 15.3 Å². The summed E-state index contributed by atoms with van der Waals surface area (Å²) >= 11 is 0. The minimum Gasteiger partial charge on any atom is -0.376 e. The number of aromatic amines is 1. The molecule has 1 aliphatic rings. The SMILES string of the molecule is CCNCc1cc(=O)[nH]c(C2COCCO2)n1. The van der Waals surface area contributed by atoms with Crippen molar-refractivity contribution in [3.8, 4) is 0 Å². The first-order chi connectivity index (χ1) is 8.29. The maximum Gasteiger partial charge on any atom is 0.251 e. The molecule has 2 N–H and O–H groups in total. The van der Waals surface area contributed by atoms with E-state index in [0.717, 1.165) is 12.2 Å². The van der Waals surface area contributed by atoms with Crippen LogP contribution in [0.2, 0.25) is 0 Å². The number of aromatic nitrogens is 2. The quantitative estimate of drug-likeness (QED) is 0.771. The summed E-state index contributed by atoms with van der Waals surface area (Å²) in [7, 11) is 0. The molecule has 6 heteroatoms.